The monoisotopic (exact) mass is 280 g/mol. The summed E-state index contributed by atoms with van der Waals surface area (Å²) in [5.41, 5.74) is 1.62. The second-order valence-electron chi connectivity index (χ2n) is 5.68. The van der Waals surface area contributed by atoms with Crippen LogP contribution in [0.15, 0.2) is 6.07 Å². The van der Waals surface area contributed by atoms with Crippen molar-refractivity contribution in [2.24, 2.45) is 13.0 Å². The van der Waals surface area contributed by atoms with E-state index in [1.807, 2.05) is 31.8 Å². The van der Waals surface area contributed by atoms with E-state index >= 15 is 0 Å². The van der Waals surface area contributed by atoms with Gasteiger partial charge in [0.05, 0.1) is 11.3 Å². The highest BCUT2D eigenvalue weighted by atomic mass is 32.2. The number of hydrogen-bond donors (Lipinski definition) is 0. The predicted octanol–water partition coefficient (Wildman–Crippen LogP) is 2.21. The Morgan fingerprint density at radius 2 is 2.47 bits per heavy atom. The fourth-order valence-electron chi connectivity index (χ4n) is 3.17. The number of carbonyl (C=O) groups is 1. The Bertz CT molecular complexity index is 492. The summed E-state index contributed by atoms with van der Waals surface area (Å²) in [6.45, 7) is 2.64. The lowest BCUT2D eigenvalue weighted by molar-refractivity contribution is -0.0735. The maximum atomic E-state index is 12.7. The topological polar surface area (TPSA) is 44.1 Å². The highest BCUT2D eigenvalue weighted by Gasteiger charge is 2.42. The van der Waals surface area contributed by atoms with Crippen molar-refractivity contribution in [1.82, 2.24) is 9.78 Å². The van der Waals surface area contributed by atoms with Crippen LogP contribution in [0.5, 0.6) is 0 Å². The minimum atomic E-state index is -0.0309. The third kappa shape index (κ3) is 2.46. The number of aryl methyl sites for hydroxylation is 2. The van der Waals surface area contributed by atoms with Crippen LogP contribution in [0.25, 0.3) is 0 Å². The van der Waals surface area contributed by atoms with E-state index in [9.17, 15) is 4.79 Å². The van der Waals surface area contributed by atoms with Gasteiger partial charge in [-0.15, -0.1) is 0 Å². The van der Waals surface area contributed by atoms with E-state index in [-0.39, 0.29) is 17.3 Å². The molecule has 0 N–H and O–H groups in total. The number of thioether (sulfide) groups is 1. The van der Waals surface area contributed by atoms with Gasteiger partial charge in [0.15, 0.2) is 5.78 Å². The normalized spacial score (nSPS) is 30.9. The Morgan fingerprint density at radius 1 is 1.63 bits per heavy atom. The molecule has 0 saturated carbocycles. The van der Waals surface area contributed by atoms with Gasteiger partial charge in [0, 0.05) is 25.3 Å². The molecule has 2 aliphatic rings. The fourth-order valence-corrected chi connectivity index (χ4v) is 4.54. The largest absolute Gasteiger partial charge is 0.374 e. The van der Waals surface area contributed by atoms with Gasteiger partial charge in [-0.3, -0.25) is 9.48 Å². The number of hydrogen-bond acceptors (Lipinski definition) is 4. The lowest BCUT2D eigenvalue weighted by Gasteiger charge is -2.37. The number of ketones is 1. The molecule has 0 radical (unpaired) electrons. The lowest BCUT2D eigenvalue weighted by Crippen LogP contribution is -2.42. The first-order valence-corrected chi connectivity index (χ1v) is 8.02. The van der Waals surface area contributed by atoms with Crippen LogP contribution in [0.4, 0.5) is 0 Å². The molecule has 0 amide bonds. The van der Waals surface area contributed by atoms with Crippen molar-refractivity contribution in [2.45, 2.75) is 31.8 Å². The van der Waals surface area contributed by atoms with Crippen LogP contribution in [0, 0.1) is 12.8 Å². The summed E-state index contributed by atoms with van der Waals surface area (Å²) in [7, 11) is 1.85. The molecule has 0 aromatic carbocycles. The Hall–Kier alpha value is -0.810. The molecule has 2 saturated heterocycles. The molecule has 0 aliphatic carbocycles. The van der Waals surface area contributed by atoms with Gasteiger partial charge < -0.3 is 4.74 Å². The number of rotatable bonds is 2. The molecule has 1 spiro atoms. The molecular weight excluding hydrogens is 260 g/mol. The van der Waals surface area contributed by atoms with Crippen molar-refractivity contribution in [3.63, 3.8) is 0 Å². The van der Waals surface area contributed by atoms with E-state index in [2.05, 4.69) is 5.10 Å². The molecule has 1 aromatic heterocycles. The lowest BCUT2D eigenvalue weighted by atomic mass is 9.82. The smallest absolute Gasteiger partial charge is 0.184 e. The molecule has 104 valence electrons. The van der Waals surface area contributed by atoms with Crippen LogP contribution >= 0.6 is 11.8 Å². The average Bonchev–Trinajstić information content (AvgIpc) is 2.96. The van der Waals surface area contributed by atoms with Crippen LogP contribution in [-0.4, -0.2) is 39.3 Å². The zero-order chi connectivity index (χ0) is 13.5. The highest BCUT2D eigenvalue weighted by molar-refractivity contribution is 7.99. The first-order chi connectivity index (χ1) is 9.10. The maximum absolute atomic E-state index is 12.7. The predicted molar refractivity (Wildman–Crippen MR) is 75.6 cm³/mol. The van der Waals surface area contributed by atoms with Crippen molar-refractivity contribution in [2.75, 3.05) is 18.1 Å². The van der Waals surface area contributed by atoms with Crippen LogP contribution in [0.3, 0.4) is 0 Å². The number of aromatic nitrogens is 2. The molecule has 19 heavy (non-hydrogen) atoms. The van der Waals surface area contributed by atoms with Crippen LogP contribution in [0.2, 0.25) is 0 Å². The molecule has 2 unspecified atom stereocenters. The zero-order valence-corrected chi connectivity index (χ0v) is 12.3. The van der Waals surface area contributed by atoms with Gasteiger partial charge in [-0.05, 0) is 38.0 Å². The quantitative estimate of drug-likeness (QED) is 0.779. The van der Waals surface area contributed by atoms with E-state index in [0.29, 0.717) is 6.61 Å². The van der Waals surface area contributed by atoms with E-state index in [4.69, 9.17) is 4.74 Å². The van der Waals surface area contributed by atoms with Gasteiger partial charge in [-0.2, -0.15) is 16.9 Å². The standard InChI is InChI=1S/C14H20N2O2S/c1-10-7-12(16(2)15-10)13(17)11-3-5-18-14(8-11)4-6-19-9-14/h7,11H,3-6,8-9H2,1-2H3. The zero-order valence-electron chi connectivity index (χ0n) is 11.5. The Balaban J connectivity index is 1.78. The SMILES string of the molecule is Cc1cc(C(=O)C2CCOC3(CCSC3)C2)n(C)n1. The summed E-state index contributed by atoms with van der Waals surface area (Å²) >= 11 is 1.94. The summed E-state index contributed by atoms with van der Waals surface area (Å²) in [4.78, 5) is 12.7. The molecular formula is C14H20N2O2S. The summed E-state index contributed by atoms with van der Waals surface area (Å²) in [5.74, 6) is 2.54. The van der Waals surface area contributed by atoms with Crippen molar-refractivity contribution in [3.05, 3.63) is 17.5 Å². The van der Waals surface area contributed by atoms with Gasteiger partial charge in [-0.1, -0.05) is 0 Å². The first kappa shape index (κ1) is 13.2. The van der Waals surface area contributed by atoms with Crippen molar-refractivity contribution >= 4 is 17.5 Å². The van der Waals surface area contributed by atoms with Crippen LogP contribution < -0.4 is 0 Å². The molecule has 0 bridgehead atoms. The van der Waals surface area contributed by atoms with Crippen molar-refractivity contribution in [3.8, 4) is 0 Å². The van der Waals surface area contributed by atoms with E-state index in [1.54, 1.807) is 4.68 Å². The Morgan fingerprint density at radius 3 is 3.11 bits per heavy atom. The summed E-state index contributed by atoms with van der Waals surface area (Å²) in [6.07, 6.45) is 2.81. The van der Waals surface area contributed by atoms with Crippen LogP contribution in [-0.2, 0) is 11.8 Å². The first-order valence-electron chi connectivity index (χ1n) is 6.86. The van der Waals surface area contributed by atoms with Gasteiger partial charge in [-0.25, -0.2) is 0 Å². The van der Waals surface area contributed by atoms with Gasteiger partial charge in [0.1, 0.15) is 5.69 Å². The molecule has 2 aliphatic heterocycles. The van der Waals surface area contributed by atoms with Crippen molar-refractivity contribution < 1.29 is 9.53 Å². The fraction of sp³-hybridized carbons (Fsp3) is 0.714. The number of Topliss-reactive ketones (excluding diaryl/α,β-unsaturated/α-hetero) is 1. The molecule has 3 heterocycles. The number of nitrogens with zero attached hydrogens (tertiary/aromatic N) is 2. The van der Waals surface area contributed by atoms with Gasteiger partial charge >= 0.3 is 0 Å². The number of ether oxygens (including phenoxy) is 1. The van der Waals surface area contributed by atoms with E-state index in [0.717, 1.165) is 42.2 Å². The molecule has 2 atom stereocenters. The van der Waals surface area contributed by atoms with Crippen LogP contribution in [0.1, 0.15) is 35.4 Å². The highest BCUT2D eigenvalue weighted by Crippen LogP contribution is 2.41. The summed E-state index contributed by atoms with van der Waals surface area (Å²) in [5, 5.41) is 4.28. The second kappa shape index (κ2) is 4.94. The van der Waals surface area contributed by atoms with E-state index < -0.39 is 0 Å². The molecule has 1 aromatic rings. The number of carbonyl (C=O) groups excluding carboxylic acids is 1. The summed E-state index contributed by atoms with van der Waals surface area (Å²) in [6, 6.07) is 1.90. The van der Waals surface area contributed by atoms with Crippen molar-refractivity contribution in [1.29, 1.82) is 0 Å². The van der Waals surface area contributed by atoms with E-state index in [1.165, 1.54) is 0 Å². The molecule has 5 heteroatoms. The summed E-state index contributed by atoms with van der Waals surface area (Å²) < 4.78 is 7.69. The Labute approximate surface area is 117 Å². The van der Waals surface area contributed by atoms with Gasteiger partial charge in [0.2, 0.25) is 0 Å². The third-order valence-corrected chi connectivity index (χ3v) is 5.41. The van der Waals surface area contributed by atoms with Gasteiger partial charge in [0.25, 0.3) is 0 Å². The average molecular weight is 280 g/mol. The molecule has 3 rings (SSSR count). The maximum Gasteiger partial charge on any atom is 0.184 e. The second-order valence-corrected chi connectivity index (χ2v) is 6.79. The molecule has 2 fully saturated rings. The third-order valence-electron chi connectivity index (χ3n) is 4.19. The Kier molecular flexibility index (Phi) is 3.43. The minimum absolute atomic E-state index is 0.0309. The molecule has 4 nitrogen and oxygen atoms in total. The minimum Gasteiger partial charge on any atom is -0.374 e.